The summed E-state index contributed by atoms with van der Waals surface area (Å²) in [6.07, 6.45) is 0.752. The zero-order valence-corrected chi connectivity index (χ0v) is 9.04. The Hall–Kier alpha value is -0.800. The summed E-state index contributed by atoms with van der Waals surface area (Å²) in [6, 6.07) is 5.56. The summed E-state index contributed by atoms with van der Waals surface area (Å²) in [5, 5.41) is 9.24. The van der Waals surface area contributed by atoms with Crippen molar-refractivity contribution in [3.05, 3.63) is 23.4 Å². The molecule has 0 amide bonds. The number of aliphatic hydroxyl groups excluding tert-OH is 1. The van der Waals surface area contributed by atoms with Crippen molar-refractivity contribution in [2.24, 2.45) is 0 Å². The van der Waals surface area contributed by atoms with Crippen molar-refractivity contribution in [3.63, 3.8) is 0 Å². The van der Waals surface area contributed by atoms with Crippen molar-refractivity contribution in [2.45, 2.75) is 13.3 Å². The molecule has 0 aliphatic heterocycles. The molecule has 0 spiro atoms. The molecule has 14 heavy (non-hydrogen) atoms. The van der Waals surface area contributed by atoms with Gasteiger partial charge in [0.05, 0.1) is 0 Å². The summed E-state index contributed by atoms with van der Waals surface area (Å²) in [5.74, 6) is 0.869. The minimum absolute atomic E-state index is 0.205. The van der Waals surface area contributed by atoms with Crippen molar-refractivity contribution in [1.29, 1.82) is 0 Å². The molecule has 0 saturated carbocycles. The smallest absolute Gasteiger partial charge is 0.131 e. The zero-order chi connectivity index (χ0) is 10.4. The average Bonchev–Trinajstić information content (AvgIpc) is 2.19. The summed E-state index contributed by atoms with van der Waals surface area (Å²) in [4.78, 5) is 6.29. The van der Waals surface area contributed by atoms with Crippen LogP contribution >= 0.6 is 11.6 Å². The van der Waals surface area contributed by atoms with Crippen LogP contribution in [0.1, 0.15) is 13.3 Å². The van der Waals surface area contributed by atoms with E-state index in [-0.39, 0.29) is 6.61 Å². The normalized spacial score (nSPS) is 10.2. The molecular weight excluding hydrogens is 200 g/mol. The number of pyridine rings is 1. The number of hydrogen-bond donors (Lipinski definition) is 1. The minimum Gasteiger partial charge on any atom is -0.396 e. The standard InChI is InChI=1S/C10H15ClN2O/c1-2-13(7-4-8-14)10-6-3-5-9(11)12-10/h3,5-6,14H,2,4,7-8H2,1H3. The molecule has 78 valence electrons. The van der Waals surface area contributed by atoms with E-state index in [4.69, 9.17) is 16.7 Å². The van der Waals surface area contributed by atoms with Crippen molar-refractivity contribution < 1.29 is 5.11 Å². The average molecular weight is 215 g/mol. The van der Waals surface area contributed by atoms with Gasteiger partial charge in [0.2, 0.25) is 0 Å². The molecule has 4 heteroatoms. The van der Waals surface area contributed by atoms with Gasteiger partial charge >= 0.3 is 0 Å². The maximum Gasteiger partial charge on any atom is 0.131 e. The molecular formula is C10H15ClN2O. The highest BCUT2D eigenvalue weighted by Crippen LogP contribution is 2.14. The van der Waals surface area contributed by atoms with Crippen LogP contribution in [0.2, 0.25) is 5.15 Å². The van der Waals surface area contributed by atoms with Gasteiger partial charge in [-0.05, 0) is 25.5 Å². The summed E-state index contributed by atoms with van der Waals surface area (Å²) in [7, 11) is 0. The summed E-state index contributed by atoms with van der Waals surface area (Å²) in [5.41, 5.74) is 0. The van der Waals surface area contributed by atoms with Crippen LogP contribution in [0.25, 0.3) is 0 Å². The summed E-state index contributed by atoms with van der Waals surface area (Å²) >= 11 is 5.79. The number of rotatable bonds is 5. The third kappa shape index (κ3) is 3.16. The van der Waals surface area contributed by atoms with Gasteiger partial charge in [-0.15, -0.1) is 0 Å². The van der Waals surface area contributed by atoms with E-state index in [0.717, 1.165) is 25.3 Å². The Morgan fingerprint density at radius 1 is 1.50 bits per heavy atom. The Morgan fingerprint density at radius 3 is 2.86 bits per heavy atom. The van der Waals surface area contributed by atoms with E-state index in [2.05, 4.69) is 16.8 Å². The number of halogens is 1. The number of aliphatic hydroxyl groups is 1. The van der Waals surface area contributed by atoms with E-state index >= 15 is 0 Å². The fraction of sp³-hybridized carbons (Fsp3) is 0.500. The maximum absolute atomic E-state index is 8.74. The van der Waals surface area contributed by atoms with Gasteiger partial charge in [0.1, 0.15) is 11.0 Å². The molecule has 1 rings (SSSR count). The number of anilines is 1. The molecule has 0 saturated heterocycles. The SMILES string of the molecule is CCN(CCCO)c1cccc(Cl)n1. The topological polar surface area (TPSA) is 36.4 Å². The molecule has 1 N–H and O–H groups in total. The van der Waals surface area contributed by atoms with E-state index in [0.29, 0.717) is 5.15 Å². The third-order valence-electron chi connectivity index (χ3n) is 1.99. The Labute approximate surface area is 89.3 Å². The predicted octanol–water partition coefficient (Wildman–Crippen LogP) is 1.94. The highest BCUT2D eigenvalue weighted by molar-refractivity contribution is 6.29. The summed E-state index contributed by atoms with van der Waals surface area (Å²) < 4.78 is 0. The first kappa shape index (κ1) is 11.3. The zero-order valence-electron chi connectivity index (χ0n) is 8.28. The molecule has 0 radical (unpaired) electrons. The molecule has 0 unspecified atom stereocenters. The maximum atomic E-state index is 8.74. The van der Waals surface area contributed by atoms with Crippen molar-refractivity contribution >= 4 is 17.4 Å². The van der Waals surface area contributed by atoms with Gasteiger partial charge in [-0.2, -0.15) is 0 Å². The van der Waals surface area contributed by atoms with Crippen molar-refractivity contribution in [1.82, 2.24) is 4.98 Å². The van der Waals surface area contributed by atoms with Crippen LogP contribution in [0, 0.1) is 0 Å². The number of aromatic nitrogens is 1. The molecule has 0 bridgehead atoms. The highest BCUT2D eigenvalue weighted by atomic mass is 35.5. The molecule has 3 nitrogen and oxygen atoms in total. The van der Waals surface area contributed by atoms with E-state index in [9.17, 15) is 0 Å². The Morgan fingerprint density at radius 2 is 2.29 bits per heavy atom. The highest BCUT2D eigenvalue weighted by Gasteiger charge is 2.04. The van der Waals surface area contributed by atoms with Crippen LogP contribution in [0.5, 0.6) is 0 Å². The third-order valence-corrected chi connectivity index (χ3v) is 2.20. The Bertz CT molecular complexity index is 281. The van der Waals surface area contributed by atoms with Crippen molar-refractivity contribution in [3.8, 4) is 0 Å². The molecule has 1 aromatic rings. The second-order valence-electron chi connectivity index (χ2n) is 2.98. The molecule has 0 atom stereocenters. The first-order valence-electron chi connectivity index (χ1n) is 4.76. The van der Waals surface area contributed by atoms with E-state index < -0.39 is 0 Å². The largest absolute Gasteiger partial charge is 0.396 e. The van der Waals surface area contributed by atoms with Gasteiger partial charge in [0, 0.05) is 19.7 Å². The Kier molecular flexibility index (Phi) is 4.70. The lowest BCUT2D eigenvalue weighted by molar-refractivity contribution is 0.289. The molecule has 0 aromatic carbocycles. The first-order valence-corrected chi connectivity index (χ1v) is 5.14. The number of nitrogens with zero attached hydrogens (tertiary/aromatic N) is 2. The lowest BCUT2D eigenvalue weighted by Crippen LogP contribution is -2.25. The molecule has 0 aliphatic carbocycles. The fourth-order valence-electron chi connectivity index (χ4n) is 1.27. The molecule has 1 heterocycles. The Balaban J connectivity index is 2.68. The van der Waals surface area contributed by atoms with E-state index in [1.165, 1.54) is 0 Å². The van der Waals surface area contributed by atoms with Crippen LogP contribution < -0.4 is 4.90 Å². The lowest BCUT2D eigenvalue weighted by atomic mass is 10.3. The van der Waals surface area contributed by atoms with Crippen LogP contribution in [-0.2, 0) is 0 Å². The first-order chi connectivity index (χ1) is 6.77. The van der Waals surface area contributed by atoms with Gasteiger partial charge in [0.25, 0.3) is 0 Å². The van der Waals surface area contributed by atoms with Crippen LogP contribution in [0.3, 0.4) is 0 Å². The van der Waals surface area contributed by atoms with Gasteiger partial charge in [-0.1, -0.05) is 17.7 Å². The summed E-state index contributed by atoms with van der Waals surface area (Å²) in [6.45, 7) is 3.94. The van der Waals surface area contributed by atoms with Gasteiger partial charge < -0.3 is 10.0 Å². The van der Waals surface area contributed by atoms with Crippen LogP contribution in [0.15, 0.2) is 18.2 Å². The van der Waals surface area contributed by atoms with E-state index in [1.54, 1.807) is 6.07 Å². The van der Waals surface area contributed by atoms with Gasteiger partial charge in [-0.25, -0.2) is 4.98 Å². The van der Waals surface area contributed by atoms with Gasteiger partial charge in [-0.3, -0.25) is 0 Å². The molecule has 0 aliphatic rings. The quantitative estimate of drug-likeness (QED) is 0.762. The van der Waals surface area contributed by atoms with Crippen LogP contribution in [-0.4, -0.2) is 29.8 Å². The van der Waals surface area contributed by atoms with E-state index in [1.807, 2.05) is 12.1 Å². The fourth-order valence-corrected chi connectivity index (χ4v) is 1.43. The lowest BCUT2D eigenvalue weighted by Gasteiger charge is -2.21. The second-order valence-corrected chi connectivity index (χ2v) is 3.36. The molecule has 0 fully saturated rings. The monoisotopic (exact) mass is 214 g/mol. The second kappa shape index (κ2) is 5.83. The van der Waals surface area contributed by atoms with Crippen LogP contribution in [0.4, 0.5) is 5.82 Å². The van der Waals surface area contributed by atoms with Crippen molar-refractivity contribution in [2.75, 3.05) is 24.6 Å². The minimum atomic E-state index is 0.205. The van der Waals surface area contributed by atoms with Gasteiger partial charge in [0.15, 0.2) is 0 Å². The predicted molar refractivity (Wildman–Crippen MR) is 58.8 cm³/mol. The number of hydrogen-bond acceptors (Lipinski definition) is 3. The molecule has 1 aromatic heterocycles.